The zero-order chi connectivity index (χ0) is 18.5. The Hall–Kier alpha value is -3.09. The van der Waals surface area contributed by atoms with Gasteiger partial charge in [0, 0.05) is 31.9 Å². The number of halogens is 1. The fourth-order valence-electron chi connectivity index (χ4n) is 2.84. The van der Waals surface area contributed by atoms with Crippen LogP contribution >= 0.6 is 0 Å². The number of carbonyl (C=O) groups is 2. The van der Waals surface area contributed by atoms with E-state index in [1.54, 1.807) is 13.2 Å². The monoisotopic (exact) mass is 357 g/mol. The molecule has 1 N–H and O–H groups in total. The van der Waals surface area contributed by atoms with Crippen molar-refractivity contribution in [1.29, 1.82) is 0 Å². The SMILES string of the molecule is COc1ccc(N2CCN(C(=O)C(=O)Nc3ccccc3F)CC2)cc1. The van der Waals surface area contributed by atoms with Crippen LogP contribution < -0.4 is 15.0 Å². The lowest BCUT2D eigenvalue weighted by molar-refractivity contribution is -0.143. The predicted octanol–water partition coefficient (Wildman–Crippen LogP) is 2.12. The average molecular weight is 357 g/mol. The molecule has 2 amide bonds. The number of methoxy groups -OCH3 is 1. The minimum Gasteiger partial charge on any atom is -0.497 e. The van der Waals surface area contributed by atoms with Gasteiger partial charge in [-0.15, -0.1) is 0 Å². The lowest BCUT2D eigenvalue weighted by atomic mass is 10.2. The highest BCUT2D eigenvalue weighted by Crippen LogP contribution is 2.20. The number of benzene rings is 2. The maximum Gasteiger partial charge on any atom is 0.313 e. The number of carbonyl (C=O) groups excluding carboxylic acids is 2. The summed E-state index contributed by atoms with van der Waals surface area (Å²) in [6, 6.07) is 13.4. The summed E-state index contributed by atoms with van der Waals surface area (Å²) in [5.41, 5.74) is 1.04. The highest BCUT2D eigenvalue weighted by Gasteiger charge is 2.26. The molecule has 3 rings (SSSR count). The van der Waals surface area contributed by atoms with Crippen molar-refractivity contribution < 1.29 is 18.7 Å². The highest BCUT2D eigenvalue weighted by atomic mass is 19.1. The van der Waals surface area contributed by atoms with Gasteiger partial charge in [-0.2, -0.15) is 0 Å². The Morgan fingerprint density at radius 2 is 1.65 bits per heavy atom. The summed E-state index contributed by atoms with van der Waals surface area (Å²) in [5, 5.41) is 2.33. The van der Waals surface area contributed by atoms with Crippen molar-refractivity contribution in [3.8, 4) is 5.75 Å². The first-order valence-electron chi connectivity index (χ1n) is 8.32. The molecule has 136 valence electrons. The Morgan fingerprint density at radius 3 is 2.27 bits per heavy atom. The molecule has 6 nitrogen and oxygen atoms in total. The second-order valence-electron chi connectivity index (χ2n) is 5.91. The molecular formula is C19H20FN3O3. The third-order valence-electron chi connectivity index (χ3n) is 4.32. The topological polar surface area (TPSA) is 61.9 Å². The van der Waals surface area contributed by atoms with Crippen LogP contribution in [0.15, 0.2) is 48.5 Å². The van der Waals surface area contributed by atoms with Gasteiger partial charge in [-0.3, -0.25) is 9.59 Å². The second kappa shape index (κ2) is 7.86. The number of piperazine rings is 1. The minimum atomic E-state index is -0.826. The van der Waals surface area contributed by atoms with Gasteiger partial charge in [-0.05, 0) is 36.4 Å². The Morgan fingerprint density at radius 1 is 1.00 bits per heavy atom. The second-order valence-corrected chi connectivity index (χ2v) is 5.91. The Bertz CT molecular complexity index is 787. The zero-order valence-electron chi connectivity index (χ0n) is 14.4. The quantitative estimate of drug-likeness (QED) is 0.855. The van der Waals surface area contributed by atoms with Crippen molar-refractivity contribution in [1.82, 2.24) is 4.90 Å². The number of nitrogens with one attached hydrogen (secondary N) is 1. The Balaban J connectivity index is 1.56. The van der Waals surface area contributed by atoms with Crippen LogP contribution in [0.3, 0.4) is 0 Å². The number of nitrogens with zero attached hydrogens (tertiary/aromatic N) is 2. The van der Waals surface area contributed by atoms with Gasteiger partial charge in [-0.25, -0.2) is 4.39 Å². The number of ether oxygens (including phenoxy) is 1. The fraction of sp³-hybridized carbons (Fsp3) is 0.263. The van der Waals surface area contributed by atoms with Crippen molar-refractivity contribution >= 4 is 23.2 Å². The highest BCUT2D eigenvalue weighted by molar-refractivity contribution is 6.39. The van der Waals surface area contributed by atoms with E-state index in [1.807, 2.05) is 24.3 Å². The van der Waals surface area contributed by atoms with Crippen molar-refractivity contribution in [3.05, 3.63) is 54.3 Å². The molecule has 26 heavy (non-hydrogen) atoms. The van der Waals surface area contributed by atoms with Gasteiger partial charge >= 0.3 is 11.8 Å². The normalized spacial score (nSPS) is 14.1. The van der Waals surface area contributed by atoms with Gasteiger partial charge in [0.15, 0.2) is 0 Å². The summed E-state index contributed by atoms with van der Waals surface area (Å²) in [6.07, 6.45) is 0. The van der Waals surface area contributed by atoms with Crippen LogP contribution in [0.5, 0.6) is 5.75 Å². The number of rotatable bonds is 3. The van der Waals surface area contributed by atoms with E-state index in [1.165, 1.54) is 23.1 Å². The van der Waals surface area contributed by atoms with Gasteiger partial charge in [-0.1, -0.05) is 12.1 Å². The third kappa shape index (κ3) is 3.93. The largest absolute Gasteiger partial charge is 0.497 e. The molecule has 0 radical (unpaired) electrons. The first-order valence-corrected chi connectivity index (χ1v) is 8.32. The van der Waals surface area contributed by atoms with Gasteiger partial charge in [0.05, 0.1) is 12.8 Å². The van der Waals surface area contributed by atoms with Crippen LogP contribution in [0, 0.1) is 5.82 Å². The maximum atomic E-state index is 13.6. The van der Waals surface area contributed by atoms with Gasteiger partial charge in [0.25, 0.3) is 0 Å². The number of hydrogen-bond acceptors (Lipinski definition) is 4. The van der Waals surface area contributed by atoms with E-state index in [0.29, 0.717) is 26.2 Å². The number of para-hydroxylation sites is 1. The standard InChI is InChI=1S/C19H20FN3O3/c1-26-15-8-6-14(7-9-15)22-10-12-23(13-11-22)19(25)18(24)21-17-5-3-2-4-16(17)20/h2-9H,10-13H2,1H3,(H,21,24). The molecule has 1 heterocycles. The molecule has 7 heteroatoms. The van der Waals surface area contributed by atoms with Crippen molar-refractivity contribution in [2.75, 3.05) is 43.5 Å². The number of anilines is 2. The summed E-state index contributed by atoms with van der Waals surface area (Å²) in [7, 11) is 1.62. The van der Waals surface area contributed by atoms with Crippen molar-refractivity contribution in [2.45, 2.75) is 0 Å². The fourth-order valence-corrected chi connectivity index (χ4v) is 2.84. The summed E-state index contributed by atoms with van der Waals surface area (Å²) >= 11 is 0. The van der Waals surface area contributed by atoms with Crippen LogP contribution in [-0.2, 0) is 9.59 Å². The van der Waals surface area contributed by atoms with Crippen LogP contribution in [0.2, 0.25) is 0 Å². The molecule has 1 aliphatic rings. The van der Waals surface area contributed by atoms with Crippen LogP contribution in [-0.4, -0.2) is 50.0 Å². The molecular weight excluding hydrogens is 337 g/mol. The van der Waals surface area contributed by atoms with E-state index < -0.39 is 17.6 Å². The third-order valence-corrected chi connectivity index (χ3v) is 4.32. The smallest absolute Gasteiger partial charge is 0.313 e. The summed E-state index contributed by atoms with van der Waals surface area (Å²) < 4.78 is 18.7. The van der Waals surface area contributed by atoms with Crippen LogP contribution in [0.1, 0.15) is 0 Å². The summed E-state index contributed by atoms with van der Waals surface area (Å²) in [4.78, 5) is 28.0. The van der Waals surface area contributed by atoms with Crippen molar-refractivity contribution in [3.63, 3.8) is 0 Å². The first kappa shape index (κ1) is 17.7. The van der Waals surface area contributed by atoms with E-state index in [9.17, 15) is 14.0 Å². The van der Waals surface area contributed by atoms with E-state index in [4.69, 9.17) is 4.74 Å². The Kier molecular flexibility index (Phi) is 5.36. The number of amides is 2. The lowest BCUT2D eigenvalue weighted by Crippen LogP contribution is -2.51. The average Bonchev–Trinajstić information content (AvgIpc) is 2.69. The van der Waals surface area contributed by atoms with E-state index in [2.05, 4.69) is 10.2 Å². The lowest BCUT2D eigenvalue weighted by Gasteiger charge is -2.35. The molecule has 1 fully saturated rings. The van der Waals surface area contributed by atoms with E-state index in [-0.39, 0.29) is 5.69 Å². The zero-order valence-corrected chi connectivity index (χ0v) is 14.4. The molecule has 0 aromatic heterocycles. The molecule has 1 saturated heterocycles. The molecule has 0 bridgehead atoms. The Labute approximate surface area is 151 Å². The van der Waals surface area contributed by atoms with Gasteiger partial charge < -0.3 is 19.9 Å². The van der Waals surface area contributed by atoms with E-state index >= 15 is 0 Å². The molecule has 2 aromatic rings. The predicted molar refractivity (Wildman–Crippen MR) is 96.8 cm³/mol. The van der Waals surface area contributed by atoms with Gasteiger partial charge in [0.2, 0.25) is 0 Å². The van der Waals surface area contributed by atoms with Crippen molar-refractivity contribution in [2.24, 2.45) is 0 Å². The van der Waals surface area contributed by atoms with Crippen LogP contribution in [0.25, 0.3) is 0 Å². The maximum absolute atomic E-state index is 13.6. The van der Waals surface area contributed by atoms with Gasteiger partial charge in [0.1, 0.15) is 11.6 Å². The molecule has 2 aromatic carbocycles. The summed E-state index contributed by atoms with van der Waals surface area (Å²) in [5.74, 6) is -1.26. The van der Waals surface area contributed by atoms with E-state index in [0.717, 1.165) is 11.4 Å². The molecule has 0 aliphatic carbocycles. The first-order chi connectivity index (χ1) is 12.6. The molecule has 1 aliphatic heterocycles. The minimum absolute atomic E-state index is 0.00252. The molecule has 0 atom stereocenters. The molecule has 0 unspecified atom stereocenters. The number of hydrogen-bond donors (Lipinski definition) is 1. The van der Waals surface area contributed by atoms with Crippen LogP contribution in [0.4, 0.5) is 15.8 Å². The molecule has 0 spiro atoms. The summed E-state index contributed by atoms with van der Waals surface area (Å²) in [6.45, 7) is 2.08. The molecule has 0 saturated carbocycles.